The number of carbonyl (C=O) groups excluding carboxylic acids is 4. The standard InChI is InChI=1S/C28H38N2O6.C23H25NO7/c1-6-9-27(2,16-23(31)29(3)4)26(32)36-25-22(33-5)15-28-10-7-11-30(28)12-8-18-13-20-21(35-17-34-20)14-19(18)24(25)28;1-22(11-18(25)31-22)21(26)30-20-17(27-2)10-23-5-3-6-24(23)7-4-13-8-15-16(29-12-28-15)9-14(13)19(20)23/h13-15,24-25H,6-12,16-17H2,1-5H3;8-10,19-20H,3-7,11-12H2,1-2H3/t24-,25-,27+,28+;19-,20-,22-,23+/m11/s1. The SMILES string of the molecule is CCC[C@@](C)(CC(=O)N(C)C)C(=O)O[C@@H]1C(OC)=C[C@]23CCCN2CCc2cc4c(cc2[C@H]13)OCO4.COC1=C[C@]23CCCN2CCc2cc4c(cc2[C@@H]3[C@@H]1OC(=O)[C@@]1(C)CC(=O)O1)OCO4. The zero-order chi connectivity index (χ0) is 47.0. The van der Waals surface area contributed by atoms with Crippen molar-refractivity contribution in [2.45, 2.75) is 126 Å². The molecule has 2 aliphatic carbocycles. The lowest BCUT2D eigenvalue weighted by atomic mass is 9.77. The van der Waals surface area contributed by atoms with E-state index in [1.807, 2.05) is 19.9 Å². The molecule has 0 saturated carbocycles. The molecule has 8 atom stereocenters. The second-order valence-electron chi connectivity index (χ2n) is 20.2. The molecule has 3 saturated heterocycles. The zero-order valence-corrected chi connectivity index (χ0v) is 39.7. The second kappa shape index (κ2) is 16.9. The molecule has 0 N–H and O–H groups in total. The zero-order valence-electron chi connectivity index (χ0n) is 39.7. The van der Waals surface area contributed by atoms with Crippen molar-refractivity contribution in [3.8, 4) is 23.0 Å². The molecule has 0 unspecified atom stereocenters. The fourth-order valence-corrected chi connectivity index (χ4v) is 12.6. The second-order valence-corrected chi connectivity index (χ2v) is 20.2. The highest BCUT2D eigenvalue weighted by Gasteiger charge is 2.61. The van der Waals surface area contributed by atoms with Crippen molar-refractivity contribution >= 4 is 23.8 Å². The molecule has 0 aromatic heterocycles. The number of carbonyl (C=O) groups is 4. The predicted octanol–water partition coefficient (Wildman–Crippen LogP) is 5.68. The van der Waals surface area contributed by atoms with Gasteiger partial charge >= 0.3 is 17.9 Å². The average molecular weight is 926 g/mol. The van der Waals surface area contributed by atoms with E-state index in [2.05, 4.69) is 40.2 Å². The summed E-state index contributed by atoms with van der Waals surface area (Å²) in [5, 5.41) is 0. The third kappa shape index (κ3) is 7.39. The van der Waals surface area contributed by atoms with E-state index < -0.39 is 29.2 Å². The molecule has 16 nitrogen and oxygen atoms in total. The predicted molar refractivity (Wildman–Crippen MR) is 240 cm³/mol. The van der Waals surface area contributed by atoms with Crippen LogP contribution < -0.4 is 18.9 Å². The molecule has 2 spiro atoms. The normalized spacial score (nSPS) is 31.2. The van der Waals surface area contributed by atoms with Crippen molar-refractivity contribution in [2.75, 3.05) is 68.1 Å². The van der Waals surface area contributed by atoms with Gasteiger partial charge in [-0.15, -0.1) is 0 Å². The summed E-state index contributed by atoms with van der Waals surface area (Å²) in [7, 11) is 6.69. The molecule has 67 heavy (non-hydrogen) atoms. The third-order valence-corrected chi connectivity index (χ3v) is 16.0. The maximum atomic E-state index is 13.8. The molecule has 7 aliphatic heterocycles. The van der Waals surface area contributed by atoms with Gasteiger partial charge < -0.3 is 47.5 Å². The van der Waals surface area contributed by atoms with Crippen LogP contribution in [0.15, 0.2) is 47.9 Å². The van der Waals surface area contributed by atoms with Gasteiger partial charge in [-0.25, -0.2) is 4.79 Å². The number of nitrogens with zero attached hydrogens (tertiary/aromatic N) is 3. The smallest absolute Gasteiger partial charge is 0.351 e. The molecule has 11 rings (SSSR count). The van der Waals surface area contributed by atoms with Crippen molar-refractivity contribution in [3.63, 3.8) is 0 Å². The van der Waals surface area contributed by atoms with Crippen molar-refractivity contribution in [1.82, 2.24) is 14.7 Å². The van der Waals surface area contributed by atoms with Crippen LogP contribution in [0.5, 0.6) is 23.0 Å². The van der Waals surface area contributed by atoms with E-state index in [0.29, 0.717) is 17.9 Å². The van der Waals surface area contributed by atoms with Gasteiger partial charge in [-0.1, -0.05) is 13.3 Å². The van der Waals surface area contributed by atoms with Gasteiger partial charge in [0.2, 0.25) is 25.1 Å². The molecule has 3 fully saturated rings. The summed E-state index contributed by atoms with van der Waals surface area (Å²) in [6.45, 7) is 9.71. The van der Waals surface area contributed by atoms with E-state index >= 15 is 0 Å². The maximum Gasteiger partial charge on any atom is 0.351 e. The first-order valence-corrected chi connectivity index (χ1v) is 23.9. The summed E-state index contributed by atoms with van der Waals surface area (Å²) in [6, 6.07) is 8.28. The van der Waals surface area contributed by atoms with Gasteiger partial charge in [-0.3, -0.25) is 24.2 Å². The lowest BCUT2D eigenvalue weighted by Crippen LogP contribution is -2.54. The van der Waals surface area contributed by atoms with Crippen LogP contribution in [0.25, 0.3) is 0 Å². The molecule has 2 aromatic carbocycles. The van der Waals surface area contributed by atoms with E-state index in [1.54, 1.807) is 35.2 Å². The molecule has 1 amide bonds. The largest absolute Gasteiger partial charge is 0.497 e. The molecule has 16 heteroatoms. The summed E-state index contributed by atoms with van der Waals surface area (Å²) < 4.78 is 52.0. The molecule has 360 valence electrons. The molecule has 0 radical (unpaired) electrons. The van der Waals surface area contributed by atoms with Gasteiger partial charge in [0.15, 0.2) is 35.2 Å². The molecule has 0 bridgehead atoms. The number of ether oxygens (including phenoxy) is 9. The van der Waals surface area contributed by atoms with Crippen LogP contribution >= 0.6 is 0 Å². The Labute approximate surface area is 391 Å². The number of benzene rings is 2. The van der Waals surface area contributed by atoms with E-state index in [1.165, 1.54) is 16.0 Å². The summed E-state index contributed by atoms with van der Waals surface area (Å²) in [5.41, 5.74) is 1.89. The average Bonchev–Trinajstić information content (AvgIpc) is 4.16. The number of methoxy groups -OCH3 is 2. The van der Waals surface area contributed by atoms with Crippen LogP contribution in [0.1, 0.15) is 106 Å². The number of rotatable bonds is 10. The molecule has 2 aromatic rings. The number of amides is 1. The van der Waals surface area contributed by atoms with Crippen molar-refractivity contribution in [3.05, 3.63) is 70.2 Å². The monoisotopic (exact) mass is 925 g/mol. The first-order valence-electron chi connectivity index (χ1n) is 23.9. The van der Waals surface area contributed by atoms with Crippen molar-refractivity contribution in [2.24, 2.45) is 5.41 Å². The first kappa shape index (κ1) is 45.3. The van der Waals surface area contributed by atoms with Crippen LogP contribution in [0, 0.1) is 5.41 Å². The van der Waals surface area contributed by atoms with Gasteiger partial charge in [0, 0.05) is 33.6 Å². The van der Waals surface area contributed by atoms with Crippen molar-refractivity contribution in [1.29, 1.82) is 0 Å². The van der Waals surface area contributed by atoms with Crippen LogP contribution in [0.3, 0.4) is 0 Å². The summed E-state index contributed by atoms with van der Waals surface area (Å²) in [5.74, 6) is 2.70. The van der Waals surface area contributed by atoms with E-state index in [0.717, 1.165) is 105 Å². The Morgan fingerprint density at radius 1 is 0.761 bits per heavy atom. The lowest BCUT2D eigenvalue weighted by Gasteiger charge is -2.40. The quantitative estimate of drug-likeness (QED) is 0.211. The minimum atomic E-state index is -1.23. The maximum absolute atomic E-state index is 13.8. The van der Waals surface area contributed by atoms with Crippen LogP contribution in [0.2, 0.25) is 0 Å². The molecular weight excluding hydrogens is 863 g/mol. The minimum absolute atomic E-state index is 0.0296. The van der Waals surface area contributed by atoms with Gasteiger partial charge in [0.05, 0.1) is 49.0 Å². The summed E-state index contributed by atoms with van der Waals surface area (Å²) >= 11 is 0. The third-order valence-electron chi connectivity index (χ3n) is 16.0. The summed E-state index contributed by atoms with van der Waals surface area (Å²) in [4.78, 5) is 57.4. The lowest BCUT2D eigenvalue weighted by molar-refractivity contribution is -0.207. The number of hydrogen-bond donors (Lipinski definition) is 0. The highest BCUT2D eigenvalue weighted by atomic mass is 16.7. The highest BCUT2D eigenvalue weighted by Crippen LogP contribution is 2.58. The minimum Gasteiger partial charge on any atom is -0.497 e. The van der Waals surface area contributed by atoms with Crippen LogP contribution in [0.4, 0.5) is 0 Å². The Kier molecular flexibility index (Phi) is 11.5. The molecule has 9 aliphatic rings. The Hall–Kier alpha value is -5.48. The number of esters is 3. The topological polar surface area (TPSA) is 161 Å². The van der Waals surface area contributed by atoms with Crippen molar-refractivity contribution < 1.29 is 61.8 Å². The van der Waals surface area contributed by atoms with Gasteiger partial charge in [0.25, 0.3) is 0 Å². The Balaban J connectivity index is 0.000000158. The molecule has 7 heterocycles. The van der Waals surface area contributed by atoms with E-state index in [-0.39, 0.29) is 67.2 Å². The Morgan fingerprint density at radius 2 is 1.24 bits per heavy atom. The highest BCUT2D eigenvalue weighted by molar-refractivity contribution is 5.93. The Bertz CT molecular complexity index is 2420. The summed E-state index contributed by atoms with van der Waals surface area (Å²) in [6.07, 6.45) is 10.5. The van der Waals surface area contributed by atoms with Crippen LogP contribution in [-0.2, 0) is 55.7 Å². The van der Waals surface area contributed by atoms with Gasteiger partial charge in [-0.2, -0.15) is 0 Å². The number of hydrogen-bond acceptors (Lipinski definition) is 15. The van der Waals surface area contributed by atoms with Crippen LogP contribution in [-0.4, -0.2) is 135 Å². The fraction of sp³-hybridized carbons (Fsp3) is 0.608. The van der Waals surface area contributed by atoms with E-state index in [4.69, 9.17) is 42.6 Å². The Morgan fingerprint density at radius 3 is 1.69 bits per heavy atom. The number of fused-ring (bicyclic) bond motifs is 6. The molecular formula is C51H63N3O13. The fourth-order valence-electron chi connectivity index (χ4n) is 12.6. The van der Waals surface area contributed by atoms with Gasteiger partial charge in [-0.05, 0) is 131 Å². The van der Waals surface area contributed by atoms with Gasteiger partial charge in [0.1, 0.15) is 11.5 Å². The first-order chi connectivity index (χ1) is 32.2. The van der Waals surface area contributed by atoms with E-state index in [9.17, 15) is 19.2 Å². The number of cyclic esters (lactones) is 1.